The van der Waals surface area contributed by atoms with Gasteiger partial charge in [-0.3, -0.25) is 4.98 Å². The first-order chi connectivity index (χ1) is 11.3. The van der Waals surface area contributed by atoms with Gasteiger partial charge in [0.15, 0.2) is 0 Å². The van der Waals surface area contributed by atoms with E-state index in [2.05, 4.69) is 10.3 Å². The zero-order chi connectivity index (χ0) is 17.7. The first-order valence-electron chi connectivity index (χ1n) is 7.35. The molecular weight excluding hydrogens is 319 g/mol. The van der Waals surface area contributed by atoms with E-state index in [1.54, 1.807) is 25.5 Å². The number of nitrogens with zero attached hydrogens (tertiary/aromatic N) is 2. The maximum atomic E-state index is 13.1. The van der Waals surface area contributed by atoms with Gasteiger partial charge in [0.05, 0.1) is 11.6 Å². The van der Waals surface area contributed by atoms with E-state index in [4.69, 9.17) is 0 Å². The fourth-order valence-electron chi connectivity index (χ4n) is 2.34. The molecule has 2 amide bonds. The van der Waals surface area contributed by atoms with Crippen LogP contribution in [0.25, 0.3) is 0 Å². The lowest BCUT2D eigenvalue weighted by atomic mass is 10.0. The summed E-state index contributed by atoms with van der Waals surface area (Å²) in [5.41, 5.74) is 0.124. The van der Waals surface area contributed by atoms with Crippen molar-refractivity contribution in [3.8, 4) is 0 Å². The number of aromatic nitrogens is 1. The minimum atomic E-state index is -4.46. The molecule has 0 saturated carbocycles. The lowest BCUT2D eigenvalue weighted by Gasteiger charge is -2.23. The lowest BCUT2D eigenvalue weighted by Crippen LogP contribution is -2.38. The number of benzene rings is 1. The van der Waals surface area contributed by atoms with Gasteiger partial charge in [-0.1, -0.05) is 24.3 Å². The molecule has 0 spiro atoms. The smallest absolute Gasteiger partial charge is 0.331 e. The summed E-state index contributed by atoms with van der Waals surface area (Å²) in [6, 6.07) is 7.58. The molecule has 1 atom stereocenters. The minimum absolute atomic E-state index is 0.0353. The predicted octanol–water partition coefficient (Wildman–Crippen LogP) is 4.00. The predicted molar refractivity (Wildman–Crippen MR) is 84.1 cm³/mol. The van der Waals surface area contributed by atoms with Crippen LogP contribution in [0.1, 0.15) is 29.7 Å². The van der Waals surface area contributed by atoms with Crippen LogP contribution in [-0.2, 0) is 12.7 Å². The van der Waals surface area contributed by atoms with E-state index < -0.39 is 23.8 Å². The Bertz CT molecular complexity index is 689. The average molecular weight is 337 g/mol. The number of alkyl halides is 3. The lowest BCUT2D eigenvalue weighted by molar-refractivity contribution is -0.138. The molecule has 0 radical (unpaired) electrons. The highest BCUT2D eigenvalue weighted by Gasteiger charge is 2.34. The largest absolute Gasteiger partial charge is 0.416 e. The molecule has 0 unspecified atom stereocenters. The third-order valence-corrected chi connectivity index (χ3v) is 3.56. The van der Waals surface area contributed by atoms with Gasteiger partial charge in [0.2, 0.25) is 0 Å². The number of carbonyl (C=O) groups is 1. The quantitative estimate of drug-likeness (QED) is 0.916. The molecule has 1 N–H and O–H groups in total. The summed E-state index contributed by atoms with van der Waals surface area (Å²) in [6.07, 6.45) is -1.21. The Balaban J connectivity index is 2.07. The number of halogens is 3. The molecule has 4 nitrogen and oxygen atoms in total. The zero-order valence-electron chi connectivity index (χ0n) is 13.3. The van der Waals surface area contributed by atoms with Crippen LogP contribution >= 0.6 is 0 Å². The molecule has 0 fully saturated rings. The summed E-state index contributed by atoms with van der Waals surface area (Å²) < 4.78 is 39.2. The highest BCUT2D eigenvalue weighted by atomic mass is 19.4. The third kappa shape index (κ3) is 4.47. The molecule has 2 rings (SSSR count). The van der Waals surface area contributed by atoms with Crippen molar-refractivity contribution in [1.29, 1.82) is 0 Å². The number of rotatable bonds is 4. The molecule has 0 aliphatic carbocycles. The van der Waals surface area contributed by atoms with Gasteiger partial charge >= 0.3 is 12.2 Å². The SMILES string of the molecule is C[C@H](NC(=O)N(C)Cc1cccnc1)c1ccccc1C(F)(F)F. The molecular formula is C17H18F3N3O. The summed E-state index contributed by atoms with van der Waals surface area (Å²) in [5, 5.41) is 2.60. The van der Waals surface area contributed by atoms with Gasteiger partial charge in [0, 0.05) is 26.0 Å². The number of urea groups is 1. The molecule has 24 heavy (non-hydrogen) atoms. The van der Waals surface area contributed by atoms with E-state index in [9.17, 15) is 18.0 Å². The minimum Gasteiger partial charge on any atom is -0.331 e. The summed E-state index contributed by atoms with van der Waals surface area (Å²) in [4.78, 5) is 17.6. The Hall–Kier alpha value is -2.57. The molecule has 2 aromatic rings. The van der Waals surface area contributed by atoms with Gasteiger partial charge in [-0.05, 0) is 30.2 Å². The number of hydrogen-bond donors (Lipinski definition) is 1. The molecule has 1 aromatic heterocycles. The average Bonchev–Trinajstić information content (AvgIpc) is 2.55. The van der Waals surface area contributed by atoms with Crippen molar-refractivity contribution >= 4 is 6.03 Å². The van der Waals surface area contributed by atoms with Crippen LogP contribution in [0.5, 0.6) is 0 Å². The summed E-state index contributed by atoms with van der Waals surface area (Å²) >= 11 is 0. The monoisotopic (exact) mass is 337 g/mol. The Labute approximate surface area is 138 Å². The van der Waals surface area contributed by atoms with E-state index in [1.807, 2.05) is 6.07 Å². The van der Waals surface area contributed by atoms with E-state index >= 15 is 0 Å². The highest BCUT2D eigenvalue weighted by Crippen LogP contribution is 2.34. The Morgan fingerprint density at radius 3 is 2.58 bits per heavy atom. The second kappa shape index (κ2) is 7.33. The van der Waals surface area contributed by atoms with E-state index in [-0.39, 0.29) is 5.56 Å². The number of amides is 2. The standard InChI is InChI=1S/C17H18F3N3O/c1-12(14-7-3-4-8-15(14)17(18,19)20)22-16(24)23(2)11-13-6-5-9-21-10-13/h3-10,12H,11H2,1-2H3,(H,22,24)/t12-/m0/s1. The maximum absolute atomic E-state index is 13.1. The van der Waals surface area contributed by atoms with Crippen molar-refractivity contribution in [2.45, 2.75) is 25.7 Å². The third-order valence-electron chi connectivity index (χ3n) is 3.56. The molecule has 0 aliphatic heterocycles. The topological polar surface area (TPSA) is 45.2 Å². The van der Waals surface area contributed by atoms with Crippen molar-refractivity contribution in [1.82, 2.24) is 15.2 Å². The number of hydrogen-bond acceptors (Lipinski definition) is 2. The number of nitrogens with one attached hydrogen (secondary N) is 1. The summed E-state index contributed by atoms with van der Waals surface area (Å²) in [6.45, 7) is 1.84. The zero-order valence-corrected chi connectivity index (χ0v) is 13.3. The molecule has 0 saturated heterocycles. The molecule has 1 heterocycles. The maximum Gasteiger partial charge on any atom is 0.416 e. The van der Waals surface area contributed by atoms with Gasteiger partial charge in [-0.15, -0.1) is 0 Å². The first-order valence-corrected chi connectivity index (χ1v) is 7.35. The van der Waals surface area contributed by atoms with Crippen LogP contribution in [0.15, 0.2) is 48.8 Å². The first kappa shape index (κ1) is 17.8. The molecule has 7 heteroatoms. The second-order valence-corrected chi connectivity index (χ2v) is 5.47. The normalized spacial score (nSPS) is 12.5. The van der Waals surface area contributed by atoms with Gasteiger partial charge in [-0.2, -0.15) is 13.2 Å². The number of carbonyl (C=O) groups excluding carboxylic acids is 1. The molecule has 1 aromatic carbocycles. The van der Waals surface area contributed by atoms with Gasteiger partial charge in [0.25, 0.3) is 0 Å². The van der Waals surface area contributed by atoms with Crippen LogP contribution in [-0.4, -0.2) is 23.0 Å². The fourth-order valence-corrected chi connectivity index (χ4v) is 2.34. The van der Waals surface area contributed by atoms with E-state index in [0.717, 1.165) is 11.6 Å². The van der Waals surface area contributed by atoms with Gasteiger partial charge < -0.3 is 10.2 Å². The van der Waals surface area contributed by atoms with Crippen LogP contribution < -0.4 is 5.32 Å². The molecule has 0 bridgehead atoms. The summed E-state index contributed by atoms with van der Waals surface area (Å²) in [5.74, 6) is 0. The number of pyridine rings is 1. The van der Waals surface area contributed by atoms with E-state index in [1.165, 1.54) is 30.0 Å². The van der Waals surface area contributed by atoms with Crippen molar-refractivity contribution < 1.29 is 18.0 Å². The van der Waals surface area contributed by atoms with Crippen molar-refractivity contribution in [2.24, 2.45) is 0 Å². The van der Waals surface area contributed by atoms with Gasteiger partial charge in [-0.25, -0.2) is 4.79 Å². The Morgan fingerprint density at radius 1 is 1.25 bits per heavy atom. The Kier molecular flexibility index (Phi) is 5.43. The molecule has 128 valence electrons. The summed E-state index contributed by atoms with van der Waals surface area (Å²) in [7, 11) is 1.57. The van der Waals surface area contributed by atoms with Crippen molar-refractivity contribution in [2.75, 3.05) is 7.05 Å². The van der Waals surface area contributed by atoms with Crippen LogP contribution in [0.3, 0.4) is 0 Å². The highest BCUT2D eigenvalue weighted by molar-refractivity contribution is 5.74. The van der Waals surface area contributed by atoms with Crippen LogP contribution in [0, 0.1) is 0 Å². The van der Waals surface area contributed by atoms with Crippen molar-refractivity contribution in [3.63, 3.8) is 0 Å². The second-order valence-electron chi connectivity index (χ2n) is 5.47. The van der Waals surface area contributed by atoms with Crippen LogP contribution in [0.2, 0.25) is 0 Å². The van der Waals surface area contributed by atoms with Crippen LogP contribution in [0.4, 0.5) is 18.0 Å². The fraction of sp³-hybridized carbons (Fsp3) is 0.294. The Morgan fingerprint density at radius 2 is 1.96 bits per heavy atom. The molecule has 0 aliphatic rings. The van der Waals surface area contributed by atoms with Crippen molar-refractivity contribution in [3.05, 3.63) is 65.5 Å². The van der Waals surface area contributed by atoms with E-state index in [0.29, 0.717) is 6.54 Å². The van der Waals surface area contributed by atoms with Gasteiger partial charge in [0.1, 0.15) is 0 Å².